The molecule has 0 spiro atoms. The molecule has 16 heavy (non-hydrogen) atoms. The van der Waals surface area contributed by atoms with E-state index < -0.39 is 0 Å². The first-order valence-corrected chi connectivity index (χ1v) is 5.84. The number of anilines is 1. The number of hydrogen-bond acceptors (Lipinski definition) is 3. The zero-order valence-electron chi connectivity index (χ0n) is 8.54. The fourth-order valence-electron chi connectivity index (χ4n) is 1.30. The Morgan fingerprint density at radius 2 is 2.12 bits per heavy atom. The Bertz CT molecular complexity index is 516. The van der Waals surface area contributed by atoms with E-state index in [9.17, 15) is 0 Å². The van der Waals surface area contributed by atoms with E-state index in [4.69, 9.17) is 11.6 Å². The number of aromatic nitrogens is 2. The summed E-state index contributed by atoms with van der Waals surface area (Å²) in [5, 5.41) is 3.60. The average molecular weight is 299 g/mol. The van der Waals surface area contributed by atoms with Crippen LogP contribution in [0, 0.1) is 0 Å². The molecule has 1 aromatic carbocycles. The molecule has 0 radical (unpaired) electrons. The minimum Gasteiger partial charge on any atom is -0.373 e. The standard InChI is InChI=1S/C11H9BrClN3/c1-14-10-4-5-15-11(16-10)8-6-7(12)2-3-9(8)13/h2-6H,1H3,(H,14,15,16). The number of nitrogens with one attached hydrogen (secondary N) is 1. The lowest BCUT2D eigenvalue weighted by Gasteiger charge is -2.05. The molecule has 1 N–H and O–H groups in total. The maximum atomic E-state index is 6.11. The fraction of sp³-hybridized carbons (Fsp3) is 0.0909. The topological polar surface area (TPSA) is 37.8 Å². The van der Waals surface area contributed by atoms with Crippen molar-refractivity contribution in [1.82, 2.24) is 9.97 Å². The predicted octanol–water partition coefficient (Wildman–Crippen LogP) is 3.60. The van der Waals surface area contributed by atoms with Gasteiger partial charge in [0.1, 0.15) is 5.82 Å². The fourth-order valence-corrected chi connectivity index (χ4v) is 1.86. The van der Waals surface area contributed by atoms with Crippen molar-refractivity contribution >= 4 is 33.3 Å². The second-order valence-corrected chi connectivity index (χ2v) is 4.46. The smallest absolute Gasteiger partial charge is 0.163 e. The molecule has 1 heterocycles. The van der Waals surface area contributed by atoms with Crippen LogP contribution < -0.4 is 5.32 Å². The lowest BCUT2D eigenvalue weighted by Crippen LogP contribution is -1.96. The van der Waals surface area contributed by atoms with Crippen molar-refractivity contribution in [3.8, 4) is 11.4 Å². The van der Waals surface area contributed by atoms with E-state index in [0.29, 0.717) is 10.8 Å². The molecule has 0 atom stereocenters. The molecule has 3 nitrogen and oxygen atoms in total. The number of hydrogen-bond donors (Lipinski definition) is 1. The SMILES string of the molecule is CNc1ccnc(-c2cc(Br)ccc2Cl)n1. The molecule has 0 amide bonds. The van der Waals surface area contributed by atoms with Crippen LogP contribution in [0.15, 0.2) is 34.9 Å². The first kappa shape index (κ1) is 11.4. The Balaban J connectivity index is 2.53. The molecule has 0 unspecified atom stereocenters. The summed E-state index contributed by atoms with van der Waals surface area (Å²) in [6, 6.07) is 7.40. The van der Waals surface area contributed by atoms with Gasteiger partial charge >= 0.3 is 0 Å². The van der Waals surface area contributed by atoms with E-state index in [2.05, 4.69) is 31.2 Å². The summed E-state index contributed by atoms with van der Waals surface area (Å²) in [5.41, 5.74) is 0.813. The second-order valence-electron chi connectivity index (χ2n) is 3.14. The molecular weight excluding hydrogens is 289 g/mol. The molecule has 2 rings (SSSR count). The summed E-state index contributed by atoms with van der Waals surface area (Å²) in [4.78, 5) is 8.54. The zero-order chi connectivity index (χ0) is 11.5. The lowest BCUT2D eigenvalue weighted by atomic mass is 10.2. The highest BCUT2D eigenvalue weighted by Crippen LogP contribution is 2.28. The van der Waals surface area contributed by atoms with Gasteiger partial charge in [0.15, 0.2) is 5.82 Å². The van der Waals surface area contributed by atoms with Crippen molar-refractivity contribution in [3.05, 3.63) is 40.0 Å². The maximum absolute atomic E-state index is 6.11. The summed E-state index contributed by atoms with van der Waals surface area (Å²) >= 11 is 9.50. The molecule has 0 fully saturated rings. The van der Waals surface area contributed by atoms with E-state index in [1.54, 1.807) is 12.3 Å². The van der Waals surface area contributed by atoms with E-state index in [0.717, 1.165) is 15.9 Å². The van der Waals surface area contributed by atoms with Crippen LogP contribution in [0.5, 0.6) is 0 Å². The van der Waals surface area contributed by atoms with Crippen molar-refractivity contribution < 1.29 is 0 Å². The summed E-state index contributed by atoms with van der Waals surface area (Å²) in [6.07, 6.45) is 1.70. The third-order valence-corrected chi connectivity index (χ3v) is 2.90. The molecule has 0 aliphatic rings. The van der Waals surface area contributed by atoms with Gasteiger partial charge in [-0.1, -0.05) is 27.5 Å². The first-order chi connectivity index (χ1) is 7.70. The van der Waals surface area contributed by atoms with E-state index in [1.165, 1.54) is 0 Å². The van der Waals surface area contributed by atoms with Gasteiger partial charge in [0, 0.05) is 23.3 Å². The Hall–Kier alpha value is -1.13. The van der Waals surface area contributed by atoms with Crippen LogP contribution in [0.2, 0.25) is 5.02 Å². The zero-order valence-corrected chi connectivity index (χ0v) is 10.9. The van der Waals surface area contributed by atoms with Crippen LogP contribution in [0.4, 0.5) is 5.82 Å². The minimum atomic E-state index is 0.609. The molecular formula is C11H9BrClN3. The Labute approximate surface area is 107 Å². The van der Waals surface area contributed by atoms with E-state index in [1.807, 2.05) is 25.2 Å². The molecule has 0 bridgehead atoms. The average Bonchev–Trinajstić information content (AvgIpc) is 2.32. The van der Waals surface area contributed by atoms with Gasteiger partial charge in [0.05, 0.1) is 5.02 Å². The predicted molar refractivity (Wildman–Crippen MR) is 69.7 cm³/mol. The lowest BCUT2D eigenvalue weighted by molar-refractivity contribution is 1.17. The van der Waals surface area contributed by atoms with Crippen LogP contribution in [-0.4, -0.2) is 17.0 Å². The summed E-state index contributed by atoms with van der Waals surface area (Å²) in [7, 11) is 1.81. The van der Waals surface area contributed by atoms with Crippen molar-refractivity contribution in [2.45, 2.75) is 0 Å². The molecule has 0 saturated carbocycles. The number of halogens is 2. The van der Waals surface area contributed by atoms with Gasteiger partial charge in [-0.3, -0.25) is 0 Å². The van der Waals surface area contributed by atoms with Gasteiger partial charge < -0.3 is 5.32 Å². The monoisotopic (exact) mass is 297 g/mol. The minimum absolute atomic E-state index is 0.609. The molecule has 0 aliphatic carbocycles. The molecule has 5 heteroatoms. The van der Waals surface area contributed by atoms with E-state index in [-0.39, 0.29) is 0 Å². The van der Waals surface area contributed by atoms with Gasteiger partial charge in [0.2, 0.25) is 0 Å². The van der Waals surface area contributed by atoms with Crippen LogP contribution in [0.25, 0.3) is 11.4 Å². The highest BCUT2D eigenvalue weighted by Gasteiger charge is 2.07. The van der Waals surface area contributed by atoms with Crippen molar-refractivity contribution in [2.24, 2.45) is 0 Å². The van der Waals surface area contributed by atoms with Gasteiger partial charge in [0.25, 0.3) is 0 Å². The Morgan fingerprint density at radius 3 is 2.88 bits per heavy atom. The van der Waals surface area contributed by atoms with Crippen molar-refractivity contribution in [2.75, 3.05) is 12.4 Å². The molecule has 0 saturated heterocycles. The molecule has 1 aromatic heterocycles. The summed E-state index contributed by atoms with van der Waals surface area (Å²) < 4.78 is 0.949. The van der Waals surface area contributed by atoms with Crippen LogP contribution in [0.1, 0.15) is 0 Å². The van der Waals surface area contributed by atoms with Crippen molar-refractivity contribution in [3.63, 3.8) is 0 Å². The third kappa shape index (κ3) is 2.33. The molecule has 2 aromatic rings. The first-order valence-electron chi connectivity index (χ1n) is 4.67. The van der Waals surface area contributed by atoms with Crippen molar-refractivity contribution in [1.29, 1.82) is 0 Å². The highest BCUT2D eigenvalue weighted by atomic mass is 79.9. The van der Waals surface area contributed by atoms with Gasteiger partial charge in [-0.25, -0.2) is 9.97 Å². The summed E-state index contributed by atoms with van der Waals surface area (Å²) in [6.45, 7) is 0. The van der Waals surface area contributed by atoms with Crippen LogP contribution >= 0.6 is 27.5 Å². The van der Waals surface area contributed by atoms with E-state index >= 15 is 0 Å². The highest BCUT2D eigenvalue weighted by molar-refractivity contribution is 9.10. The number of nitrogens with zero attached hydrogens (tertiary/aromatic N) is 2. The van der Waals surface area contributed by atoms with Crippen LogP contribution in [-0.2, 0) is 0 Å². The Kier molecular flexibility index (Phi) is 3.41. The third-order valence-electron chi connectivity index (χ3n) is 2.08. The second kappa shape index (κ2) is 4.80. The van der Waals surface area contributed by atoms with Gasteiger partial charge in [-0.05, 0) is 24.3 Å². The van der Waals surface area contributed by atoms with Crippen LogP contribution in [0.3, 0.4) is 0 Å². The number of rotatable bonds is 2. The number of benzene rings is 1. The Morgan fingerprint density at radius 1 is 1.31 bits per heavy atom. The molecule has 82 valence electrons. The normalized spacial score (nSPS) is 10.2. The quantitative estimate of drug-likeness (QED) is 0.920. The maximum Gasteiger partial charge on any atom is 0.163 e. The summed E-state index contributed by atoms with van der Waals surface area (Å²) in [5.74, 6) is 1.37. The molecule has 0 aliphatic heterocycles. The largest absolute Gasteiger partial charge is 0.373 e. The van der Waals surface area contributed by atoms with Gasteiger partial charge in [-0.15, -0.1) is 0 Å². The van der Waals surface area contributed by atoms with Gasteiger partial charge in [-0.2, -0.15) is 0 Å².